The van der Waals surface area contributed by atoms with Gasteiger partial charge in [0.15, 0.2) is 5.17 Å². The summed E-state index contributed by atoms with van der Waals surface area (Å²) < 4.78 is 5.07. The Kier molecular flexibility index (Phi) is 5.83. The molecule has 0 unspecified atom stereocenters. The number of nitrogens with zero attached hydrogens (tertiary/aromatic N) is 3. The molecule has 4 heterocycles. The zero-order valence-corrected chi connectivity index (χ0v) is 18.5. The van der Waals surface area contributed by atoms with E-state index in [4.69, 9.17) is 4.74 Å². The van der Waals surface area contributed by atoms with E-state index in [1.807, 2.05) is 39.0 Å². The number of thiophene rings is 1. The molecule has 0 aromatic carbocycles. The summed E-state index contributed by atoms with van der Waals surface area (Å²) in [6.45, 7) is 4.79. The minimum atomic E-state index is -0.381. The van der Waals surface area contributed by atoms with Gasteiger partial charge < -0.3 is 14.5 Å². The Labute approximate surface area is 179 Å². The Hall–Kier alpha value is -2.06. The van der Waals surface area contributed by atoms with Crippen LogP contribution in [0.25, 0.3) is 0 Å². The molecule has 0 bridgehead atoms. The van der Waals surface area contributed by atoms with E-state index in [-0.39, 0.29) is 24.0 Å². The summed E-state index contributed by atoms with van der Waals surface area (Å²) in [6, 6.07) is 1.97. The van der Waals surface area contributed by atoms with Crippen LogP contribution in [0.2, 0.25) is 0 Å². The highest BCUT2D eigenvalue weighted by Gasteiger charge is 2.41. The van der Waals surface area contributed by atoms with Gasteiger partial charge in [0.2, 0.25) is 5.91 Å². The number of hydrogen-bond acceptors (Lipinski definition) is 7. The molecule has 3 aliphatic rings. The van der Waals surface area contributed by atoms with Gasteiger partial charge in [0.1, 0.15) is 0 Å². The number of aliphatic imine (C=N–C) groups is 1. The molecule has 2 atom stereocenters. The summed E-state index contributed by atoms with van der Waals surface area (Å²) in [4.78, 5) is 34.4. The maximum absolute atomic E-state index is 13.1. The van der Waals surface area contributed by atoms with E-state index in [1.54, 1.807) is 11.3 Å². The van der Waals surface area contributed by atoms with Crippen LogP contribution in [0.4, 0.5) is 0 Å². The highest BCUT2D eigenvalue weighted by Crippen LogP contribution is 2.45. The lowest BCUT2D eigenvalue weighted by atomic mass is 9.95. The van der Waals surface area contributed by atoms with Crippen molar-refractivity contribution in [2.75, 3.05) is 13.7 Å². The van der Waals surface area contributed by atoms with Crippen molar-refractivity contribution in [2.45, 2.75) is 51.6 Å². The zero-order chi connectivity index (χ0) is 20.5. The van der Waals surface area contributed by atoms with Crippen molar-refractivity contribution in [2.24, 2.45) is 4.99 Å². The molecule has 3 aliphatic heterocycles. The fourth-order valence-electron chi connectivity index (χ4n) is 4.21. The quantitative estimate of drug-likeness (QED) is 0.666. The van der Waals surface area contributed by atoms with E-state index in [0.717, 1.165) is 35.8 Å². The SMILES string of the molecule is COC(=O)C1=C(C)N=C2SC=C(CC(=O)N3CCCC[C@H]3C)N2[C@@H]1c1ccsc1. The van der Waals surface area contributed by atoms with Crippen molar-refractivity contribution in [3.63, 3.8) is 0 Å². The summed E-state index contributed by atoms with van der Waals surface area (Å²) in [5, 5.41) is 6.84. The number of likely N-dealkylation sites (tertiary alicyclic amines) is 1. The molecule has 1 aromatic rings. The molecule has 0 N–H and O–H groups in total. The van der Waals surface area contributed by atoms with Gasteiger partial charge in [-0.2, -0.15) is 11.3 Å². The van der Waals surface area contributed by atoms with Crippen LogP contribution in [0.3, 0.4) is 0 Å². The van der Waals surface area contributed by atoms with E-state index in [1.165, 1.54) is 25.3 Å². The molecule has 1 fully saturated rings. The summed E-state index contributed by atoms with van der Waals surface area (Å²) in [5.74, 6) is -0.242. The van der Waals surface area contributed by atoms with Crippen molar-refractivity contribution in [3.05, 3.63) is 44.8 Å². The van der Waals surface area contributed by atoms with Gasteiger partial charge in [-0.15, -0.1) is 0 Å². The number of fused-ring (bicyclic) bond motifs is 1. The average Bonchev–Trinajstić information content (AvgIpc) is 3.37. The van der Waals surface area contributed by atoms with Gasteiger partial charge in [-0.05, 0) is 60.9 Å². The van der Waals surface area contributed by atoms with E-state index < -0.39 is 0 Å². The third-order valence-corrected chi connectivity index (χ3v) is 7.31. The number of carbonyl (C=O) groups is 2. The minimum Gasteiger partial charge on any atom is -0.466 e. The van der Waals surface area contributed by atoms with E-state index in [2.05, 4.69) is 11.9 Å². The van der Waals surface area contributed by atoms with E-state index >= 15 is 0 Å². The van der Waals surface area contributed by atoms with Crippen LogP contribution in [0.1, 0.15) is 51.1 Å². The number of rotatable bonds is 4. The van der Waals surface area contributed by atoms with Gasteiger partial charge in [0, 0.05) is 18.3 Å². The Morgan fingerprint density at radius 2 is 2.17 bits per heavy atom. The number of allylic oxidation sites excluding steroid dienone is 1. The standard InChI is InChI=1S/C21H25N3O3S2/c1-13-6-4-5-8-23(13)17(25)10-16-12-29-21-22-14(2)18(20(26)27-3)19(24(16)21)15-7-9-28-11-15/h7,9,11-13,19H,4-6,8,10H2,1-3H3/t13-,19-/m1/s1. The molecule has 29 heavy (non-hydrogen) atoms. The molecule has 0 radical (unpaired) electrons. The summed E-state index contributed by atoms with van der Waals surface area (Å²) in [7, 11) is 1.39. The Morgan fingerprint density at radius 3 is 2.86 bits per heavy atom. The predicted molar refractivity (Wildman–Crippen MR) is 116 cm³/mol. The molecule has 8 heteroatoms. The topological polar surface area (TPSA) is 62.2 Å². The molecular weight excluding hydrogens is 406 g/mol. The summed E-state index contributed by atoms with van der Waals surface area (Å²) in [6.07, 6.45) is 3.61. The average molecular weight is 432 g/mol. The summed E-state index contributed by atoms with van der Waals surface area (Å²) in [5.41, 5.74) is 3.09. The molecule has 0 saturated carbocycles. The molecule has 6 nitrogen and oxygen atoms in total. The van der Waals surface area contributed by atoms with Crippen LogP contribution >= 0.6 is 23.1 Å². The second-order valence-electron chi connectivity index (χ2n) is 7.55. The number of carbonyl (C=O) groups excluding carboxylic acids is 2. The third kappa shape index (κ3) is 3.75. The number of piperidine rings is 1. The number of amides is 1. The predicted octanol–water partition coefficient (Wildman–Crippen LogP) is 4.29. The van der Waals surface area contributed by atoms with E-state index in [9.17, 15) is 9.59 Å². The molecule has 154 valence electrons. The number of methoxy groups -OCH3 is 1. The first-order chi connectivity index (χ1) is 14.0. The minimum absolute atomic E-state index is 0.139. The number of amidine groups is 1. The number of hydrogen-bond donors (Lipinski definition) is 0. The zero-order valence-electron chi connectivity index (χ0n) is 16.9. The second-order valence-corrected chi connectivity index (χ2v) is 9.17. The maximum Gasteiger partial charge on any atom is 0.338 e. The van der Waals surface area contributed by atoms with Gasteiger partial charge in [0.05, 0.1) is 30.8 Å². The highest BCUT2D eigenvalue weighted by molar-refractivity contribution is 8.16. The molecule has 0 aliphatic carbocycles. The molecular formula is C21H25N3O3S2. The van der Waals surface area contributed by atoms with Crippen LogP contribution in [0.5, 0.6) is 0 Å². The second kappa shape index (κ2) is 8.36. The Bertz CT molecular complexity index is 904. The largest absolute Gasteiger partial charge is 0.466 e. The van der Waals surface area contributed by atoms with Crippen LogP contribution in [-0.2, 0) is 14.3 Å². The highest BCUT2D eigenvalue weighted by atomic mass is 32.2. The fraction of sp³-hybridized carbons (Fsp3) is 0.476. The molecule has 1 aromatic heterocycles. The van der Waals surface area contributed by atoms with Crippen LogP contribution in [0, 0.1) is 0 Å². The van der Waals surface area contributed by atoms with Gasteiger partial charge in [-0.1, -0.05) is 11.8 Å². The van der Waals surface area contributed by atoms with Crippen LogP contribution in [0.15, 0.2) is 44.2 Å². The first-order valence-electron chi connectivity index (χ1n) is 9.85. The lowest BCUT2D eigenvalue weighted by Crippen LogP contribution is -2.43. The monoisotopic (exact) mass is 431 g/mol. The molecule has 1 amide bonds. The molecule has 1 saturated heterocycles. The number of ether oxygens (including phenoxy) is 1. The maximum atomic E-state index is 13.1. The number of thioether (sulfide) groups is 1. The first kappa shape index (κ1) is 20.2. The third-order valence-electron chi connectivity index (χ3n) is 5.72. The van der Waals surface area contributed by atoms with Crippen molar-refractivity contribution in [1.82, 2.24) is 9.80 Å². The van der Waals surface area contributed by atoms with Crippen molar-refractivity contribution in [3.8, 4) is 0 Å². The lowest BCUT2D eigenvalue weighted by Gasteiger charge is -2.37. The van der Waals surface area contributed by atoms with Gasteiger partial charge in [0.25, 0.3) is 0 Å². The fourth-order valence-corrected chi connectivity index (χ4v) is 5.85. The number of esters is 1. The molecule has 0 spiro atoms. The van der Waals surface area contributed by atoms with Crippen molar-refractivity contribution >= 4 is 40.1 Å². The van der Waals surface area contributed by atoms with Crippen molar-refractivity contribution < 1.29 is 14.3 Å². The van der Waals surface area contributed by atoms with Crippen molar-refractivity contribution in [1.29, 1.82) is 0 Å². The van der Waals surface area contributed by atoms with Crippen LogP contribution in [-0.4, -0.2) is 46.5 Å². The summed E-state index contributed by atoms with van der Waals surface area (Å²) >= 11 is 3.10. The van der Waals surface area contributed by atoms with Crippen LogP contribution < -0.4 is 0 Å². The Balaban J connectivity index is 1.65. The molecule has 4 rings (SSSR count). The van der Waals surface area contributed by atoms with Gasteiger partial charge >= 0.3 is 5.97 Å². The normalized spacial score (nSPS) is 24.2. The van der Waals surface area contributed by atoms with E-state index in [0.29, 0.717) is 17.7 Å². The van der Waals surface area contributed by atoms with Gasteiger partial charge in [-0.3, -0.25) is 4.79 Å². The van der Waals surface area contributed by atoms with Gasteiger partial charge in [-0.25, -0.2) is 9.79 Å². The lowest BCUT2D eigenvalue weighted by molar-refractivity contribution is -0.136. The Morgan fingerprint density at radius 1 is 1.34 bits per heavy atom. The first-order valence-corrected chi connectivity index (χ1v) is 11.7. The smallest absolute Gasteiger partial charge is 0.338 e.